The molecular formula is C47H70N16O9. The Morgan fingerprint density at radius 2 is 1.42 bits per heavy atom. The molecule has 0 bridgehead atoms. The summed E-state index contributed by atoms with van der Waals surface area (Å²) >= 11 is 0. The number of H-pyrrole nitrogens is 1. The van der Waals surface area contributed by atoms with Crippen molar-refractivity contribution in [2.75, 3.05) is 26.2 Å². The van der Waals surface area contributed by atoms with E-state index in [0.29, 0.717) is 18.4 Å². The summed E-state index contributed by atoms with van der Waals surface area (Å²) in [6, 6.07) is 8.25. The van der Waals surface area contributed by atoms with E-state index in [4.69, 9.17) is 28.7 Å². The van der Waals surface area contributed by atoms with Gasteiger partial charge in [-0.3, -0.25) is 53.7 Å². The molecule has 0 spiro atoms. The minimum absolute atomic E-state index is 0.00895. The highest BCUT2D eigenvalue weighted by Crippen LogP contribution is 2.20. The average molecular weight is 1000 g/mol. The number of nitrogens with one attached hydrogen (secondary N) is 9. The third kappa shape index (κ3) is 19.9. The smallest absolute Gasteiger partial charge is 0.243 e. The van der Waals surface area contributed by atoms with E-state index in [1.165, 1.54) is 6.92 Å². The van der Waals surface area contributed by atoms with Gasteiger partial charge in [0.25, 0.3) is 0 Å². The molecule has 3 aromatic rings. The van der Waals surface area contributed by atoms with Crippen molar-refractivity contribution in [3.63, 3.8) is 0 Å². The number of aliphatic hydroxyl groups is 1. The van der Waals surface area contributed by atoms with E-state index in [9.17, 15) is 43.5 Å². The van der Waals surface area contributed by atoms with Gasteiger partial charge in [0, 0.05) is 63.0 Å². The van der Waals surface area contributed by atoms with Crippen molar-refractivity contribution in [2.24, 2.45) is 38.7 Å². The molecule has 1 aliphatic rings. The lowest BCUT2D eigenvalue weighted by molar-refractivity contribution is -0.133. The maximum absolute atomic E-state index is 14.5. The summed E-state index contributed by atoms with van der Waals surface area (Å²) in [5.41, 5.74) is 29.7. The molecule has 4 rings (SSSR count). The highest BCUT2D eigenvalue weighted by molar-refractivity contribution is 5.95. The number of amides is 8. The number of guanidine groups is 2. The first-order valence-corrected chi connectivity index (χ1v) is 23.8. The molecule has 392 valence electrons. The molecule has 1 fully saturated rings. The molecular weight excluding hydrogens is 933 g/mol. The van der Waals surface area contributed by atoms with Gasteiger partial charge in [0.05, 0.1) is 18.5 Å². The Morgan fingerprint density at radius 3 is 2.11 bits per heavy atom. The SMILES string of the molecule is CC(=O)N[C@@H](CCCN=C(N)N)C(=O)N[C@H]1CCNC(=O)CCCCNC(=O)[C@H](Cc2c[nH]c3ccccc23)NC(=O)[C@H](CCCN=C(N)N)NC(=O)[C@@H](Cc2ccccc2)NC(O)[C@H](CC(N)=O)NC1=O. The third-order valence-corrected chi connectivity index (χ3v) is 11.6. The van der Waals surface area contributed by atoms with Crippen molar-refractivity contribution in [3.05, 3.63) is 71.9 Å². The third-order valence-electron chi connectivity index (χ3n) is 11.6. The van der Waals surface area contributed by atoms with Crippen LogP contribution in [0.2, 0.25) is 0 Å². The predicted molar refractivity (Wildman–Crippen MR) is 269 cm³/mol. The highest BCUT2D eigenvalue weighted by Gasteiger charge is 2.34. The van der Waals surface area contributed by atoms with Crippen LogP contribution in [0.25, 0.3) is 10.9 Å². The highest BCUT2D eigenvalue weighted by atomic mass is 16.3. The number of hydrogen-bond acceptors (Lipinski definition) is 12. The van der Waals surface area contributed by atoms with Gasteiger partial charge < -0.3 is 76.0 Å². The lowest BCUT2D eigenvalue weighted by Crippen LogP contribution is -2.62. The predicted octanol–water partition coefficient (Wildman–Crippen LogP) is -3.54. The molecule has 72 heavy (non-hydrogen) atoms. The van der Waals surface area contributed by atoms with Crippen molar-refractivity contribution in [3.8, 4) is 0 Å². The van der Waals surface area contributed by atoms with Gasteiger partial charge in [0.2, 0.25) is 47.3 Å². The summed E-state index contributed by atoms with van der Waals surface area (Å²) in [5.74, 6) is -5.96. The number of rotatable bonds is 17. The van der Waals surface area contributed by atoms with E-state index >= 15 is 0 Å². The number of nitrogens with zero attached hydrogens (tertiary/aromatic N) is 2. The molecule has 1 saturated heterocycles. The Balaban J connectivity index is 1.71. The first-order chi connectivity index (χ1) is 34.4. The van der Waals surface area contributed by atoms with E-state index in [-0.39, 0.29) is 89.5 Å². The number of carbonyl (C=O) groups excluding carboxylic acids is 8. The maximum atomic E-state index is 14.5. The quantitative estimate of drug-likeness (QED) is 0.0354. The Bertz CT molecular complexity index is 2370. The standard InChI is InChI=1S/C47H70N16O9/c1-27(64)58-32(15-9-20-55-46(49)50)41(68)60-34-18-22-53-39(66)17-7-8-19-54-40(67)36(24-29-26-57-31-14-6-5-13-30(29)31)62-42(69)33(16-10-21-56-47(51)52)59-44(71)35(23-28-11-3-2-4-12-28)61-45(72)37(25-38(48)65)63-43(34)70/h2-6,11-14,26,32-37,45,57,61,72H,7-10,15-25H2,1H3,(H2,48,65)(H,53,66)(H,54,67)(H,58,64)(H,59,71)(H,60,68)(H,62,69)(H,63,70)(H4,49,50,55)(H4,51,52,56)/t32-,33-,34-,35+,36-,37-,45?/m0/s1. The van der Waals surface area contributed by atoms with E-state index in [1.54, 1.807) is 36.5 Å². The van der Waals surface area contributed by atoms with Gasteiger partial charge in [-0.2, -0.15) is 0 Å². The fourth-order valence-corrected chi connectivity index (χ4v) is 7.94. The number of carbonyl (C=O) groups is 8. The van der Waals surface area contributed by atoms with Crippen molar-refractivity contribution < 1.29 is 43.5 Å². The normalized spacial score (nSPS) is 21.6. The number of benzene rings is 2. The van der Waals surface area contributed by atoms with Gasteiger partial charge in [-0.05, 0) is 68.6 Å². The number of fused-ring (bicyclic) bond motifs is 1. The second kappa shape index (κ2) is 29.4. The van der Waals surface area contributed by atoms with Crippen LogP contribution in [0.5, 0.6) is 0 Å². The van der Waals surface area contributed by atoms with Crippen LogP contribution in [0.15, 0.2) is 70.8 Å². The Hall–Kier alpha value is -7.80. The molecule has 1 unspecified atom stereocenters. The van der Waals surface area contributed by atoms with Crippen LogP contribution in [-0.2, 0) is 51.2 Å². The van der Waals surface area contributed by atoms with Gasteiger partial charge in [-0.1, -0.05) is 48.5 Å². The summed E-state index contributed by atoms with van der Waals surface area (Å²) < 4.78 is 0. The number of aromatic nitrogens is 1. The Kier molecular flexibility index (Phi) is 23.2. The number of para-hydroxylation sites is 1. The fourth-order valence-electron chi connectivity index (χ4n) is 7.94. The molecule has 20 N–H and O–H groups in total. The molecule has 8 amide bonds. The van der Waals surface area contributed by atoms with Crippen LogP contribution in [0.4, 0.5) is 0 Å². The molecule has 2 aromatic carbocycles. The van der Waals surface area contributed by atoms with Gasteiger partial charge >= 0.3 is 0 Å². The van der Waals surface area contributed by atoms with Crippen LogP contribution in [0.3, 0.4) is 0 Å². The van der Waals surface area contributed by atoms with Crippen LogP contribution in [0.1, 0.15) is 75.8 Å². The van der Waals surface area contributed by atoms with Gasteiger partial charge in [0.1, 0.15) is 30.4 Å². The zero-order chi connectivity index (χ0) is 52.6. The van der Waals surface area contributed by atoms with Crippen LogP contribution < -0.4 is 71.2 Å². The molecule has 1 aromatic heterocycles. The lowest BCUT2D eigenvalue weighted by atomic mass is 10.0. The monoisotopic (exact) mass is 1000 g/mol. The summed E-state index contributed by atoms with van der Waals surface area (Å²) in [5, 5.41) is 34.4. The average Bonchev–Trinajstić information content (AvgIpc) is 3.74. The number of aliphatic hydroxyl groups excluding tert-OH is 1. The van der Waals surface area contributed by atoms with E-state index in [1.807, 2.05) is 24.3 Å². The van der Waals surface area contributed by atoms with Crippen LogP contribution in [0, 0.1) is 0 Å². The molecule has 25 heteroatoms. The molecule has 2 heterocycles. The van der Waals surface area contributed by atoms with Gasteiger partial charge in [0.15, 0.2) is 11.9 Å². The second-order valence-electron chi connectivity index (χ2n) is 17.4. The summed E-state index contributed by atoms with van der Waals surface area (Å²) in [4.78, 5) is 120. The van der Waals surface area contributed by atoms with Crippen molar-refractivity contribution in [1.29, 1.82) is 0 Å². The lowest BCUT2D eigenvalue weighted by Gasteiger charge is -2.31. The largest absolute Gasteiger partial charge is 0.376 e. The van der Waals surface area contributed by atoms with E-state index in [0.717, 1.165) is 16.5 Å². The van der Waals surface area contributed by atoms with Gasteiger partial charge in [-0.15, -0.1) is 0 Å². The molecule has 1 aliphatic heterocycles. The Morgan fingerprint density at radius 1 is 0.750 bits per heavy atom. The topological polar surface area (TPSA) is 424 Å². The molecule has 0 radical (unpaired) electrons. The summed E-state index contributed by atoms with van der Waals surface area (Å²) in [7, 11) is 0. The molecule has 0 aliphatic carbocycles. The summed E-state index contributed by atoms with van der Waals surface area (Å²) in [6.45, 7) is 1.44. The molecule has 7 atom stereocenters. The van der Waals surface area contributed by atoms with E-state index < -0.39 is 96.2 Å². The minimum Gasteiger partial charge on any atom is -0.376 e. The van der Waals surface area contributed by atoms with Crippen molar-refractivity contribution in [1.82, 2.24) is 47.5 Å². The number of nitrogens with two attached hydrogens (primary N) is 5. The Labute approximate surface area is 416 Å². The fraction of sp³-hybridized carbons (Fsp3) is 0.489. The van der Waals surface area contributed by atoms with Gasteiger partial charge in [-0.25, -0.2) is 0 Å². The second-order valence-corrected chi connectivity index (χ2v) is 17.4. The number of aliphatic imine (C=N–C) groups is 2. The zero-order valence-corrected chi connectivity index (χ0v) is 40.4. The number of hydrogen-bond donors (Lipinski definition) is 15. The van der Waals surface area contributed by atoms with Crippen molar-refractivity contribution >= 4 is 70.1 Å². The number of aromatic amines is 1. The first kappa shape index (κ1) is 56.8. The zero-order valence-electron chi connectivity index (χ0n) is 40.4. The maximum Gasteiger partial charge on any atom is 0.243 e. The summed E-state index contributed by atoms with van der Waals surface area (Å²) in [6.07, 6.45) is 0.238. The van der Waals surface area contributed by atoms with Crippen LogP contribution >= 0.6 is 0 Å². The molecule has 25 nitrogen and oxygen atoms in total. The van der Waals surface area contributed by atoms with Crippen molar-refractivity contribution in [2.45, 2.75) is 120 Å². The molecule has 0 saturated carbocycles. The van der Waals surface area contributed by atoms with E-state index in [2.05, 4.69) is 57.5 Å². The number of primary amides is 1. The minimum atomic E-state index is -1.88. The first-order valence-electron chi connectivity index (χ1n) is 23.8. The van der Waals surface area contributed by atoms with Crippen LogP contribution in [-0.4, -0.2) is 138 Å².